The molecule has 1 aromatic heterocycles. The van der Waals surface area contributed by atoms with Gasteiger partial charge in [0.1, 0.15) is 5.82 Å². The Morgan fingerprint density at radius 1 is 1.05 bits per heavy atom. The molecular weight excluding hydrogens is 234 g/mol. The number of anilines is 1. The lowest BCUT2D eigenvalue weighted by Crippen LogP contribution is -2.19. The van der Waals surface area contributed by atoms with Gasteiger partial charge in [-0.3, -0.25) is 0 Å². The number of pyridine rings is 1. The van der Waals surface area contributed by atoms with Gasteiger partial charge in [0.2, 0.25) is 0 Å². The number of nitrogens with zero attached hydrogens (tertiary/aromatic N) is 2. The van der Waals surface area contributed by atoms with Gasteiger partial charge >= 0.3 is 0 Å². The molecule has 0 aliphatic carbocycles. The number of nitrogens with two attached hydrogens (primary N) is 1. The van der Waals surface area contributed by atoms with E-state index in [2.05, 4.69) is 54.2 Å². The Morgan fingerprint density at radius 2 is 1.79 bits per heavy atom. The van der Waals surface area contributed by atoms with Crippen LogP contribution in [0.25, 0.3) is 0 Å². The van der Waals surface area contributed by atoms with Crippen molar-refractivity contribution in [3.8, 4) is 0 Å². The number of rotatable bonds is 4. The predicted molar refractivity (Wildman–Crippen MR) is 80.2 cm³/mol. The maximum atomic E-state index is 5.67. The second kappa shape index (κ2) is 5.85. The van der Waals surface area contributed by atoms with Crippen LogP contribution < -0.4 is 10.6 Å². The van der Waals surface area contributed by atoms with E-state index in [4.69, 9.17) is 5.73 Å². The van der Waals surface area contributed by atoms with Crippen molar-refractivity contribution in [3.63, 3.8) is 0 Å². The van der Waals surface area contributed by atoms with Crippen molar-refractivity contribution in [1.82, 2.24) is 4.98 Å². The standard InChI is InChI=1S/C16H21N3/c1-12-6-4-5-7-15(12)11-19(3)16-9-8-14(10-17)13(2)18-16/h4-9H,10-11,17H2,1-3H3. The maximum absolute atomic E-state index is 5.67. The summed E-state index contributed by atoms with van der Waals surface area (Å²) in [6.07, 6.45) is 0. The molecule has 3 heteroatoms. The number of aryl methyl sites for hydroxylation is 2. The summed E-state index contributed by atoms with van der Waals surface area (Å²) in [4.78, 5) is 6.78. The SMILES string of the molecule is Cc1ccccc1CN(C)c1ccc(CN)c(C)n1. The first-order valence-corrected chi connectivity index (χ1v) is 6.54. The van der Waals surface area contributed by atoms with Gasteiger partial charge in [-0.2, -0.15) is 0 Å². The lowest BCUT2D eigenvalue weighted by Gasteiger charge is -2.20. The first-order valence-electron chi connectivity index (χ1n) is 6.54. The molecule has 0 aliphatic heterocycles. The number of benzene rings is 1. The summed E-state index contributed by atoms with van der Waals surface area (Å²) in [5, 5.41) is 0. The maximum Gasteiger partial charge on any atom is 0.128 e. The number of hydrogen-bond donors (Lipinski definition) is 1. The van der Waals surface area contributed by atoms with Gasteiger partial charge in [0.15, 0.2) is 0 Å². The van der Waals surface area contributed by atoms with Crippen LogP contribution in [0.5, 0.6) is 0 Å². The molecule has 2 rings (SSSR count). The van der Waals surface area contributed by atoms with E-state index in [1.165, 1.54) is 11.1 Å². The van der Waals surface area contributed by atoms with Crippen molar-refractivity contribution in [2.24, 2.45) is 5.73 Å². The molecule has 0 spiro atoms. The van der Waals surface area contributed by atoms with Crippen molar-refractivity contribution in [3.05, 3.63) is 58.8 Å². The molecule has 0 bridgehead atoms. The first kappa shape index (κ1) is 13.6. The highest BCUT2D eigenvalue weighted by Gasteiger charge is 2.07. The van der Waals surface area contributed by atoms with Crippen LogP contribution >= 0.6 is 0 Å². The molecule has 1 aromatic carbocycles. The Labute approximate surface area is 115 Å². The van der Waals surface area contributed by atoms with Gasteiger partial charge in [-0.1, -0.05) is 30.3 Å². The monoisotopic (exact) mass is 255 g/mol. The van der Waals surface area contributed by atoms with Crippen molar-refractivity contribution in [2.75, 3.05) is 11.9 Å². The average Bonchev–Trinajstić information content (AvgIpc) is 2.41. The molecule has 2 N–H and O–H groups in total. The lowest BCUT2D eigenvalue weighted by atomic mass is 10.1. The summed E-state index contributed by atoms with van der Waals surface area (Å²) in [7, 11) is 2.07. The van der Waals surface area contributed by atoms with E-state index in [1.54, 1.807) is 0 Å². The van der Waals surface area contributed by atoms with Gasteiger partial charge in [0.05, 0.1) is 0 Å². The van der Waals surface area contributed by atoms with Gasteiger partial charge in [-0.15, -0.1) is 0 Å². The fourth-order valence-corrected chi connectivity index (χ4v) is 2.13. The molecule has 0 aliphatic rings. The van der Waals surface area contributed by atoms with Crippen molar-refractivity contribution in [2.45, 2.75) is 26.9 Å². The average molecular weight is 255 g/mol. The minimum absolute atomic E-state index is 0.542. The zero-order valence-electron chi connectivity index (χ0n) is 11.9. The molecule has 0 radical (unpaired) electrons. The molecule has 19 heavy (non-hydrogen) atoms. The minimum atomic E-state index is 0.542. The molecule has 0 saturated carbocycles. The Balaban J connectivity index is 2.18. The molecular formula is C16H21N3. The summed E-state index contributed by atoms with van der Waals surface area (Å²) in [6.45, 7) is 5.55. The molecule has 0 amide bonds. The number of hydrogen-bond acceptors (Lipinski definition) is 3. The quantitative estimate of drug-likeness (QED) is 0.913. The summed E-state index contributed by atoms with van der Waals surface area (Å²) in [5.41, 5.74) is 10.4. The summed E-state index contributed by atoms with van der Waals surface area (Å²) in [5.74, 6) is 0.984. The molecule has 0 saturated heterocycles. The normalized spacial score (nSPS) is 10.5. The minimum Gasteiger partial charge on any atom is -0.355 e. The van der Waals surface area contributed by atoms with Crippen LogP contribution in [0.15, 0.2) is 36.4 Å². The largest absolute Gasteiger partial charge is 0.355 e. The molecule has 2 aromatic rings. The van der Waals surface area contributed by atoms with E-state index in [1.807, 2.05) is 13.0 Å². The zero-order valence-corrected chi connectivity index (χ0v) is 11.9. The molecule has 0 unspecified atom stereocenters. The second-order valence-electron chi connectivity index (χ2n) is 4.90. The Bertz CT molecular complexity index is 564. The Morgan fingerprint density at radius 3 is 2.42 bits per heavy atom. The van der Waals surface area contributed by atoms with Crippen LogP contribution in [0.3, 0.4) is 0 Å². The van der Waals surface area contributed by atoms with E-state index >= 15 is 0 Å². The van der Waals surface area contributed by atoms with Gasteiger partial charge in [0, 0.05) is 25.8 Å². The van der Waals surface area contributed by atoms with Crippen LogP contribution in [-0.2, 0) is 13.1 Å². The highest BCUT2D eigenvalue weighted by Crippen LogP contribution is 2.17. The van der Waals surface area contributed by atoms with Crippen molar-refractivity contribution < 1.29 is 0 Å². The first-order chi connectivity index (χ1) is 9.11. The highest BCUT2D eigenvalue weighted by atomic mass is 15.2. The molecule has 1 heterocycles. The third kappa shape index (κ3) is 3.12. The van der Waals surface area contributed by atoms with Gasteiger partial charge in [-0.25, -0.2) is 4.98 Å². The van der Waals surface area contributed by atoms with E-state index in [9.17, 15) is 0 Å². The predicted octanol–water partition coefficient (Wildman–Crippen LogP) is 2.79. The lowest BCUT2D eigenvalue weighted by molar-refractivity contribution is 0.878. The summed E-state index contributed by atoms with van der Waals surface area (Å²) < 4.78 is 0. The zero-order chi connectivity index (χ0) is 13.8. The summed E-state index contributed by atoms with van der Waals surface area (Å²) in [6, 6.07) is 12.5. The van der Waals surface area contributed by atoms with E-state index in [-0.39, 0.29) is 0 Å². The van der Waals surface area contributed by atoms with Crippen LogP contribution in [0, 0.1) is 13.8 Å². The van der Waals surface area contributed by atoms with Crippen molar-refractivity contribution in [1.29, 1.82) is 0 Å². The van der Waals surface area contributed by atoms with Crippen LogP contribution in [0.2, 0.25) is 0 Å². The van der Waals surface area contributed by atoms with Crippen molar-refractivity contribution >= 4 is 5.82 Å². The van der Waals surface area contributed by atoms with Gasteiger partial charge < -0.3 is 10.6 Å². The second-order valence-corrected chi connectivity index (χ2v) is 4.90. The third-order valence-corrected chi connectivity index (χ3v) is 3.46. The molecule has 3 nitrogen and oxygen atoms in total. The Kier molecular flexibility index (Phi) is 4.17. The topological polar surface area (TPSA) is 42.1 Å². The van der Waals surface area contributed by atoms with Gasteiger partial charge in [-0.05, 0) is 36.6 Å². The molecule has 100 valence electrons. The summed E-state index contributed by atoms with van der Waals surface area (Å²) >= 11 is 0. The van der Waals surface area contributed by atoms with Crippen LogP contribution in [-0.4, -0.2) is 12.0 Å². The highest BCUT2D eigenvalue weighted by molar-refractivity contribution is 5.42. The van der Waals surface area contributed by atoms with E-state index in [0.717, 1.165) is 23.6 Å². The smallest absolute Gasteiger partial charge is 0.128 e. The molecule has 0 atom stereocenters. The van der Waals surface area contributed by atoms with Crippen LogP contribution in [0.4, 0.5) is 5.82 Å². The van der Waals surface area contributed by atoms with Crippen LogP contribution in [0.1, 0.15) is 22.4 Å². The van der Waals surface area contributed by atoms with E-state index < -0.39 is 0 Å². The van der Waals surface area contributed by atoms with E-state index in [0.29, 0.717) is 6.54 Å². The fraction of sp³-hybridized carbons (Fsp3) is 0.312. The molecule has 0 fully saturated rings. The fourth-order valence-electron chi connectivity index (χ4n) is 2.13. The Hall–Kier alpha value is -1.87. The third-order valence-electron chi connectivity index (χ3n) is 3.46. The number of aromatic nitrogens is 1. The van der Waals surface area contributed by atoms with Gasteiger partial charge in [0.25, 0.3) is 0 Å².